The molecule has 4 atom stereocenters. The van der Waals surface area contributed by atoms with Gasteiger partial charge >= 0.3 is 5.97 Å². The summed E-state index contributed by atoms with van der Waals surface area (Å²) in [7, 11) is 0. The molecule has 0 bridgehead atoms. The number of carbonyl (C=O) groups is 1. The molecule has 0 amide bonds. The van der Waals surface area contributed by atoms with Crippen LogP contribution in [0, 0.1) is 11.2 Å². The summed E-state index contributed by atoms with van der Waals surface area (Å²) in [6.07, 6.45) is 6.51. The van der Waals surface area contributed by atoms with Crippen LogP contribution in [0.4, 0.5) is 4.39 Å². The molecule has 7 heteroatoms. The summed E-state index contributed by atoms with van der Waals surface area (Å²) in [5.74, 6) is -1.30. The quantitative estimate of drug-likeness (QED) is 0.376. The van der Waals surface area contributed by atoms with E-state index >= 15 is 4.39 Å². The summed E-state index contributed by atoms with van der Waals surface area (Å²) in [4.78, 5) is 13.7. The standard InChI is InChI=1S/C30H39Cl2FN2O2/c1-28(2,3)37-27(36)26-25(19-9-8-10-20(31)15-19)30(18-34,22-12-11-21(32)16-23(22)33)24(35-26)17-29(4)13-6-5-7-14-29/h8-12,15-16,24-26,35H,5-7,13-14,17-18,34H2,1-4H3/t24-,25-,26+,30-/m0/s1. The van der Waals surface area contributed by atoms with E-state index in [2.05, 4.69) is 12.2 Å². The maximum Gasteiger partial charge on any atom is 0.324 e. The minimum Gasteiger partial charge on any atom is -0.459 e. The van der Waals surface area contributed by atoms with Crippen LogP contribution in [0.5, 0.6) is 0 Å². The molecule has 1 aliphatic carbocycles. The van der Waals surface area contributed by atoms with Gasteiger partial charge in [-0.05, 0) is 80.8 Å². The van der Waals surface area contributed by atoms with Crippen molar-refractivity contribution in [2.75, 3.05) is 6.54 Å². The summed E-state index contributed by atoms with van der Waals surface area (Å²) < 4.78 is 21.7. The molecule has 37 heavy (non-hydrogen) atoms. The van der Waals surface area contributed by atoms with Gasteiger partial charge in [0.2, 0.25) is 0 Å². The van der Waals surface area contributed by atoms with Crippen molar-refractivity contribution >= 4 is 29.2 Å². The average molecular weight is 550 g/mol. The lowest BCUT2D eigenvalue weighted by Crippen LogP contribution is -2.51. The number of benzene rings is 2. The summed E-state index contributed by atoms with van der Waals surface area (Å²) in [5.41, 5.74) is 6.42. The van der Waals surface area contributed by atoms with Crippen LogP contribution in [0.15, 0.2) is 42.5 Å². The van der Waals surface area contributed by atoms with Crippen molar-refractivity contribution in [3.05, 3.63) is 69.5 Å². The number of halogens is 3. The third kappa shape index (κ3) is 5.85. The molecule has 0 spiro atoms. The van der Waals surface area contributed by atoms with Gasteiger partial charge in [-0.2, -0.15) is 0 Å². The van der Waals surface area contributed by atoms with Gasteiger partial charge in [-0.15, -0.1) is 0 Å². The molecule has 0 radical (unpaired) electrons. The number of hydrogen-bond acceptors (Lipinski definition) is 4. The van der Waals surface area contributed by atoms with Gasteiger partial charge in [0.1, 0.15) is 17.5 Å². The molecule has 2 aliphatic rings. The molecular formula is C30H39Cl2FN2O2. The van der Waals surface area contributed by atoms with Crippen LogP contribution in [0.2, 0.25) is 10.0 Å². The third-order valence-corrected chi connectivity index (χ3v) is 8.76. The summed E-state index contributed by atoms with van der Waals surface area (Å²) in [6, 6.07) is 11.2. The zero-order valence-corrected chi connectivity index (χ0v) is 23.8. The maximum absolute atomic E-state index is 15.8. The first-order valence-corrected chi connectivity index (χ1v) is 14.0. The van der Waals surface area contributed by atoms with E-state index in [1.165, 1.54) is 25.3 Å². The lowest BCUT2D eigenvalue weighted by Gasteiger charge is -2.44. The number of esters is 1. The van der Waals surface area contributed by atoms with Crippen molar-refractivity contribution in [2.24, 2.45) is 11.1 Å². The van der Waals surface area contributed by atoms with Gasteiger partial charge in [-0.1, -0.05) is 67.6 Å². The monoisotopic (exact) mass is 548 g/mol. The van der Waals surface area contributed by atoms with E-state index in [1.807, 2.05) is 39.0 Å². The van der Waals surface area contributed by atoms with Gasteiger partial charge in [0, 0.05) is 34.0 Å². The number of nitrogens with one attached hydrogen (secondary N) is 1. The van der Waals surface area contributed by atoms with E-state index in [0.29, 0.717) is 15.6 Å². The molecule has 1 aliphatic heterocycles. The average Bonchev–Trinajstić information content (AvgIpc) is 3.12. The lowest BCUT2D eigenvalue weighted by atomic mass is 9.60. The van der Waals surface area contributed by atoms with E-state index in [9.17, 15) is 4.79 Å². The van der Waals surface area contributed by atoms with Gasteiger partial charge < -0.3 is 15.8 Å². The number of hydrogen-bond donors (Lipinski definition) is 2. The maximum atomic E-state index is 15.8. The molecule has 4 nitrogen and oxygen atoms in total. The van der Waals surface area contributed by atoms with E-state index in [4.69, 9.17) is 33.7 Å². The van der Waals surface area contributed by atoms with Gasteiger partial charge in [-0.3, -0.25) is 4.79 Å². The van der Waals surface area contributed by atoms with Crippen molar-refractivity contribution in [2.45, 2.75) is 95.2 Å². The van der Waals surface area contributed by atoms with Crippen LogP contribution in [-0.2, 0) is 14.9 Å². The molecule has 1 heterocycles. The molecule has 2 fully saturated rings. The van der Waals surface area contributed by atoms with Crippen LogP contribution in [0.1, 0.15) is 83.3 Å². The number of rotatable bonds is 6. The van der Waals surface area contributed by atoms with Crippen LogP contribution in [0.3, 0.4) is 0 Å². The first-order chi connectivity index (χ1) is 17.4. The second kappa shape index (κ2) is 10.8. The van der Waals surface area contributed by atoms with E-state index in [-0.39, 0.29) is 24.0 Å². The molecule has 1 saturated carbocycles. The fourth-order valence-corrected chi connectivity index (χ4v) is 7.04. The predicted octanol–water partition coefficient (Wildman–Crippen LogP) is 7.16. The molecule has 0 aromatic heterocycles. The van der Waals surface area contributed by atoms with Gasteiger partial charge in [-0.25, -0.2) is 4.39 Å². The highest BCUT2D eigenvalue weighted by atomic mass is 35.5. The molecular weight excluding hydrogens is 510 g/mol. The fourth-order valence-electron chi connectivity index (χ4n) is 6.68. The van der Waals surface area contributed by atoms with Crippen LogP contribution in [0.25, 0.3) is 0 Å². The van der Waals surface area contributed by atoms with Crippen LogP contribution in [-0.4, -0.2) is 30.2 Å². The highest BCUT2D eigenvalue weighted by Crippen LogP contribution is 2.54. The Morgan fingerprint density at radius 1 is 1.11 bits per heavy atom. The Labute approximate surface area is 230 Å². The van der Waals surface area contributed by atoms with Crippen molar-refractivity contribution in [3.8, 4) is 0 Å². The van der Waals surface area contributed by atoms with E-state index in [0.717, 1.165) is 24.8 Å². The molecule has 2 aromatic rings. The van der Waals surface area contributed by atoms with E-state index in [1.54, 1.807) is 18.2 Å². The molecule has 202 valence electrons. The largest absolute Gasteiger partial charge is 0.459 e. The topological polar surface area (TPSA) is 64.3 Å². The number of carbonyl (C=O) groups excluding carboxylic acids is 1. The summed E-state index contributed by atoms with van der Waals surface area (Å²) in [6.45, 7) is 8.00. The minimum absolute atomic E-state index is 0.0565. The second-order valence-corrected chi connectivity index (χ2v) is 13.1. The third-order valence-electron chi connectivity index (χ3n) is 8.29. The Morgan fingerprint density at radius 2 is 1.78 bits per heavy atom. The van der Waals surface area contributed by atoms with Crippen molar-refractivity contribution in [3.63, 3.8) is 0 Å². The van der Waals surface area contributed by atoms with Crippen molar-refractivity contribution in [1.82, 2.24) is 5.32 Å². The Balaban J connectivity index is 1.93. The Hall–Kier alpha value is -1.66. The van der Waals surface area contributed by atoms with E-state index < -0.39 is 28.8 Å². The zero-order valence-electron chi connectivity index (χ0n) is 22.3. The molecule has 4 rings (SSSR count). The zero-order chi connectivity index (χ0) is 27.0. The van der Waals surface area contributed by atoms with Gasteiger partial charge in [0.25, 0.3) is 0 Å². The van der Waals surface area contributed by atoms with Crippen molar-refractivity contribution < 1.29 is 13.9 Å². The van der Waals surface area contributed by atoms with Gasteiger partial charge in [0.05, 0.1) is 0 Å². The first kappa shape index (κ1) is 28.4. The normalized spacial score (nSPS) is 27.7. The number of nitrogens with two attached hydrogens (primary N) is 1. The molecule has 3 N–H and O–H groups in total. The molecule has 1 saturated heterocycles. The van der Waals surface area contributed by atoms with Crippen LogP contribution < -0.4 is 11.1 Å². The summed E-state index contributed by atoms with van der Waals surface area (Å²) in [5, 5.41) is 4.50. The second-order valence-electron chi connectivity index (χ2n) is 12.2. The minimum atomic E-state index is -0.929. The molecule has 2 aromatic carbocycles. The molecule has 0 unspecified atom stereocenters. The van der Waals surface area contributed by atoms with Crippen LogP contribution >= 0.6 is 23.2 Å². The fraction of sp³-hybridized carbons (Fsp3) is 0.567. The Bertz CT molecular complexity index is 1130. The van der Waals surface area contributed by atoms with Crippen molar-refractivity contribution in [1.29, 1.82) is 0 Å². The highest BCUT2D eigenvalue weighted by Gasteiger charge is 2.60. The summed E-state index contributed by atoms with van der Waals surface area (Å²) >= 11 is 12.6. The SMILES string of the molecule is CC1(C[C@@H]2N[C@@H](C(=O)OC(C)(C)C)[C@H](c3cccc(Cl)c3)[C@@]2(CN)c2ccc(Cl)cc2F)CCCCC1. The Kier molecular flexibility index (Phi) is 8.31. The first-order valence-electron chi connectivity index (χ1n) is 13.3. The Morgan fingerprint density at radius 3 is 2.38 bits per heavy atom. The number of ether oxygens (including phenoxy) is 1. The predicted molar refractivity (Wildman–Crippen MR) is 149 cm³/mol. The highest BCUT2D eigenvalue weighted by molar-refractivity contribution is 6.30. The van der Waals surface area contributed by atoms with Gasteiger partial charge in [0.15, 0.2) is 0 Å². The smallest absolute Gasteiger partial charge is 0.324 e. The lowest BCUT2D eigenvalue weighted by molar-refractivity contribution is -0.157.